The minimum Gasteiger partial charge on any atom is -0.297 e. The summed E-state index contributed by atoms with van der Waals surface area (Å²) in [6.07, 6.45) is 0. The van der Waals surface area contributed by atoms with Crippen LogP contribution < -0.4 is 11.2 Å². The van der Waals surface area contributed by atoms with Crippen molar-refractivity contribution in [2.24, 2.45) is 0 Å². The van der Waals surface area contributed by atoms with Crippen molar-refractivity contribution in [3.05, 3.63) is 60.1 Å². The third kappa shape index (κ3) is 2.29. The molecule has 4 nitrogen and oxygen atoms in total. The molecule has 2 aromatic rings. The van der Waals surface area contributed by atoms with Crippen LogP contribution >= 0.6 is 34.8 Å². The minimum atomic E-state index is -0.819. The summed E-state index contributed by atoms with van der Waals surface area (Å²) in [5.74, 6) is -0.819. The lowest BCUT2D eigenvalue weighted by Crippen LogP contribution is -2.32. The lowest BCUT2D eigenvalue weighted by atomic mass is 10.3. The van der Waals surface area contributed by atoms with E-state index in [1.807, 2.05) is 0 Å². The highest BCUT2D eigenvalue weighted by Gasteiger charge is 2.12. The molecule has 1 N–H and O–H groups in total. The molecule has 0 aliphatic heterocycles. The van der Waals surface area contributed by atoms with E-state index in [2.05, 4.69) is 4.98 Å². The largest absolute Gasteiger partial charge is 0.334 e. The Morgan fingerprint density at radius 1 is 1.06 bits per heavy atom. The van der Waals surface area contributed by atoms with Crippen molar-refractivity contribution in [3.8, 4) is 5.69 Å². The predicted molar refractivity (Wildman–Crippen MR) is 67.6 cm³/mol. The van der Waals surface area contributed by atoms with E-state index < -0.39 is 17.1 Å². The van der Waals surface area contributed by atoms with Crippen LogP contribution in [0.25, 0.3) is 5.69 Å². The minimum absolute atomic E-state index is 0.0503. The Labute approximate surface area is 115 Å². The van der Waals surface area contributed by atoms with Crippen LogP contribution in [0.3, 0.4) is 0 Å². The number of nitrogens with one attached hydrogen (secondary N) is 1. The van der Waals surface area contributed by atoms with Gasteiger partial charge in [0.25, 0.3) is 5.56 Å². The second kappa shape index (κ2) is 4.76. The van der Waals surface area contributed by atoms with Crippen molar-refractivity contribution in [2.75, 3.05) is 0 Å². The summed E-state index contributed by atoms with van der Waals surface area (Å²) in [6.45, 7) is 0. The van der Waals surface area contributed by atoms with Crippen LogP contribution in [-0.4, -0.2) is 9.55 Å². The molecule has 0 fully saturated rings. The molecule has 0 bridgehead atoms. The van der Waals surface area contributed by atoms with Crippen molar-refractivity contribution in [3.63, 3.8) is 0 Å². The first-order chi connectivity index (χ1) is 8.40. The van der Waals surface area contributed by atoms with Crippen LogP contribution in [0, 0.1) is 5.82 Å². The molecule has 0 spiro atoms. The Balaban J connectivity index is 2.78. The van der Waals surface area contributed by atoms with Crippen molar-refractivity contribution >= 4 is 34.8 Å². The average Bonchev–Trinajstić information content (AvgIpc) is 2.24. The smallest absolute Gasteiger partial charge is 0.297 e. The molecule has 0 radical (unpaired) electrons. The highest BCUT2D eigenvalue weighted by Crippen LogP contribution is 2.25. The molecule has 2 rings (SSSR count). The first-order valence-electron chi connectivity index (χ1n) is 4.57. The van der Waals surface area contributed by atoms with Gasteiger partial charge in [0.05, 0.1) is 15.7 Å². The van der Waals surface area contributed by atoms with Crippen LogP contribution in [0.4, 0.5) is 4.39 Å². The molecule has 0 amide bonds. The maximum absolute atomic E-state index is 13.2. The van der Waals surface area contributed by atoms with Gasteiger partial charge in [-0.1, -0.05) is 34.8 Å². The van der Waals surface area contributed by atoms with Crippen LogP contribution in [0.5, 0.6) is 0 Å². The topological polar surface area (TPSA) is 54.9 Å². The number of H-pyrrole nitrogens is 1. The molecule has 94 valence electrons. The molecule has 0 aliphatic rings. The third-order valence-corrected chi connectivity index (χ3v) is 2.88. The molecule has 1 heterocycles. The molecule has 0 saturated carbocycles. The van der Waals surface area contributed by atoms with Crippen molar-refractivity contribution < 1.29 is 4.39 Å². The predicted octanol–water partition coefficient (Wildman–Crippen LogP) is 2.63. The SMILES string of the molecule is O=c1cc(Cl)[nH]c(=O)n1-c1cc(Cl)c(F)c(Cl)c1. The van der Waals surface area contributed by atoms with E-state index in [4.69, 9.17) is 34.8 Å². The molecule has 0 atom stereocenters. The zero-order chi connectivity index (χ0) is 13.4. The van der Waals surface area contributed by atoms with E-state index in [0.717, 1.165) is 22.8 Å². The van der Waals surface area contributed by atoms with Crippen LogP contribution in [0.2, 0.25) is 15.2 Å². The Morgan fingerprint density at radius 2 is 1.61 bits per heavy atom. The number of aromatic amines is 1. The van der Waals surface area contributed by atoms with Crippen molar-refractivity contribution in [2.45, 2.75) is 0 Å². The molecule has 18 heavy (non-hydrogen) atoms. The van der Waals surface area contributed by atoms with Crippen molar-refractivity contribution in [1.29, 1.82) is 0 Å². The number of aromatic nitrogens is 2. The summed E-state index contributed by atoms with van der Waals surface area (Å²) in [5, 5.41) is -0.682. The second-order valence-corrected chi connectivity index (χ2v) is 4.54. The maximum atomic E-state index is 13.2. The van der Waals surface area contributed by atoms with Gasteiger partial charge in [-0.15, -0.1) is 0 Å². The van der Waals surface area contributed by atoms with Crippen LogP contribution in [0.15, 0.2) is 27.8 Å². The fraction of sp³-hybridized carbons (Fsp3) is 0. The summed E-state index contributed by atoms with van der Waals surface area (Å²) < 4.78 is 14.0. The van der Waals surface area contributed by atoms with Gasteiger partial charge in [0, 0.05) is 6.07 Å². The van der Waals surface area contributed by atoms with Gasteiger partial charge in [-0.05, 0) is 12.1 Å². The Hall–Kier alpha value is -1.30. The molecular weight excluding hydrogens is 305 g/mol. The molecule has 1 aromatic heterocycles. The van der Waals surface area contributed by atoms with Gasteiger partial charge in [-0.25, -0.2) is 13.8 Å². The zero-order valence-electron chi connectivity index (χ0n) is 8.51. The highest BCUT2D eigenvalue weighted by atomic mass is 35.5. The number of benzene rings is 1. The fourth-order valence-electron chi connectivity index (χ4n) is 1.38. The number of rotatable bonds is 1. The Kier molecular flexibility index (Phi) is 3.47. The van der Waals surface area contributed by atoms with Crippen LogP contribution in [-0.2, 0) is 0 Å². The Bertz CT molecular complexity index is 684. The number of hydrogen-bond donors (Lipinski definition) is 1. The molecule has 8 heteroatoms. The lowest BCUT2D eigenvalue weighted by Gasteiger charge is -2.06. The number of nitrogens with zero attached hydrogens (tertiary/aromatic N) is 1. The Morgan fingerprint density at radius 3 is 2.11 bits per heavy atom. The quantitative estimate of drug-likeness (QED) is 0.650. The first kappa shape index (κ1) is 13.1. The fourth-order valence-corrected chi connectivity index (χ4v) is 2.03. The van der Waals surface area contributed by atoms with Gasteiger partial charge < -0.3 is 0 Å². The molecular formula is C10H4Cl3FN2O2. The van der Waals surface area contributed by atoms with E-state index in [1.165, 1.54) is 0 Å². The van der Waals surface area contributed by atoms with E-state index in [-0.39, 0.29) is 20.9 Å². The average molecular weight is 310 g/mol. The molecule has 0 unspecified atom stereocenters. The van der Waals surface area contributed by atoms with E-state index in [1.54, 1.807) is 0 Å². The van der Waals surface area contributed by atoms with Gasteiger partial charge in [0.2, 0.25) is 0 Å². The van der Waals surface area contributed by atoms with Crippen molar-refractivity contribution in [1.82, 2.24) is 9.55 Å². The van der Waals surface area contributed by atoms with Gasteiger partial charge in [-0.3, -0.25) is 9.78 Å². The monoisotopic (exact) mass is 308 g/mol. The van der Waals surface area contributed by atoms with Gasteiger partial charge in [-0.2, -0.15) is 0 Å². The zero-order valence-corrected chi connectivity index (χ0v) is 10.8. The van der Waals surface area contributed by atoms with Gasteiger partial charge in [0.15, 0.2) is 5.82 Å². The standard InChI is InChI=1S/C10H4Cl3FN2O2/c11-5-1-4(2-6(12)9(5)14)16-8(17)3-7(13)15-10(16)18/h1-3H,(H,15,18). The normalized spacial score (nSPS) is 10.7. The second-order valence-electron chi connectivity index (χ2n) is 3.32. The molecule has 0 saturated heterocycles. The third-order valence-electron chi connectivity index (χ3n) is 2.13. The van der Waals surface area contributed by atoms with Crippen LogP contribution in [0.1, 0.15) is 0 Å². The summed E-state index contributed by atoms with van der Waals surface area (Å²) in [4.78, 5) is 25.5. The molecule has 0 aliphatic carbocycles. The molecule has 1 aromatic carbocycles. The highest BCUT2D eigenvalue weighted by molar-refractivity contribution is 6.35. The van der Waals surface area contributed by atoms with E-state index in [0.29, 0.717) is 0 Å². The summed E-state index contributed by atoms with van der Waals surface area (Å²) in [7, 11) is 0. The summed E-state index contributed by atoms with van der Waals surface area (Å²) >= 11 is 16.7. The lowest BCUT2D eigenvalue weighted by molar-refractivity contribution is 0.628. The number of hydrogen-bond acceptors (Lipinski definition) is 2. The maximum Gasteiger partial charge on any atom is 0.334 e. The van der Waals surface area contributed by atoms with Gasteiger partial charge >= 0.3 is 5.69 Å². The summed E-state index contributed by atoms with van der Waals surface area (Å²) in [5.41, 5.74) is -1.40. The van der Waals surface area contributed by atoms with Gasteiger partial charge in [0.1, 0.15) is 5.15 Å². The summed E-state index contributed by atoms with van der Waals surface area (Å²) in [6, 6.07) is 3.24. The van der Waals surface area contributed by atoms with E-state index in [9.17, 15) is 14.0 Å². The first-order valence-corrected chi connectivity index (χ1v) is 5.70. The number of halogens is 4. The van der Waals surface area contributed by atoms with E-state index >= 15 is 0 Å².